The molecule has 1 aliphatic heterocycles. The van der Waals surface area contributed by atoms with Crippen LogP contribution in [-0.4, -0.2) is 52.1 Å². The van der Waals surface area contributed by atoms with Crippen LogP contribution in [0.5, 0.6) is 5.75 Å². The van der Waals surface area contributed by atoms with Crippen molar-refractivity contribution in [1.29, 1.82) is 0 Å². The van der Waals surface area contributed by atoms with Crippen LogP contribution in [0.3, 0.4) is 0 Å². The summed E-state index contributed by atoms with van der Waals surface area (Å²) in [7, 11) is 0. The molecule has 0 bridgehead atoms. The van der Waals surface area contributed by atoms with E-state index in [2.05, 4.69) is 10.3 Å². The van der Waals surface area contributed by atoms with E-state index in [1.54, 1.807) is 30.5 Å². The zero-order chi connectivity index (χ0) is 23.2. The number of hydrogen-bond acceptors (Lipinski definition) is 6. The largest absolute Gasteiger partial charge is 0.494 e. The lowest BCUT2D eigenvalue weighted by molar-refractivity contribution is -0.125. The second kappa shape index (κ2) is 10.3. The van der Waals surface area contributed by atoms with E-state index in [0.29, 0.717) is 30.2 Å². The van der Waals surface area contributed by atoms with Crippen molar-refractivity contribution in [2.45, 2.75) is 38.5 Å². The molecule has 1 saturated heterocycles. The smallest absolute Gasteiger partial charge is 0.254 e. The van der Waals surface area contributed by atoms with Gasteiger partial charge in [0.05, 0.1) is 18.9 Å². The quantitative estimate of drug-likeness (QED) is 0.548. The lowest BCUT2D eigenvalue weighted by Crippen LogP contribution is -2.45. The van der Waals surface area contributed by atoms with Crippen molar-refractivity contribution < 1.29 is 23.8 Å². The van der Waals surface area contributed by atoms with Gasteiger partial charge in [0.15, 0.2) is 12.2 Å². The van der Waals surface area contributed by atoms with E-state index >= 15 is 0 Å². The molecule has 8 nitrogen and oxygen atoms in total. The fourth-order valence-corrected chi connectivity index (χ4v) is 3.84. The number of rotatable bonds is 8. The molecule has 0 spiro atoms. The number of oxazole rings is 1. The Bertz CT molecular complexity index is 1080. The van der Waals surface area contributed by atoms with E-state index < -0.39 is 12.1 Å². The summed E-state index contributed by atoms with van der Waals surface area (Å²) >= 11 is 0. The summed E-state index contributed by atoms with van der Waals surface area (Å²) in [5.74, 6) is 0.684. The maximum absolute atomic E-state index is 13.1. The Hall–Kier alpha value is -3.65. The lowest BCUT2D eigenvalue weighted by atomic mass is 10.1. The number of aromatic nitrogens is 1. The molecule has 172 valence electrons. The number of nitrogens with one attached hydrogen (secondary N) is 1. The van der Waals surface area contributed by atoms with Crippen molar-refractivity contribution in [2.24, 2.45) is 0 Å². The number of ether oxygens (including phenoxy) is 1. The fraction of sp³-hybridized carbons (Fsp3) is 0.320. The topological polar surface area (TPSA) is 105 Å². The van der Waals surface area contributed by atoms with Gasteiger partial charge in [-0.2, -0.15) is 0 Å². The number of benzene rings is 2. The van der Waals surface area contributed by atoms with Gasteiger partial charge >= 0.3 is 0 Å². The maximum atomic E-state index is 13.1. The summed E-state index contributed by atoms with van der Waals surface area (Å²) in [6.45, 7) is 2.99. The number of nitrogens with zero attached hydrogens (tertiary/aromatic N) is 2. The Morgan fingerprint density at radius 1 is 1.24 bits per heavy atom. The molecule has 2 amide bonds. The number of likely N-dealkylation sites (tertiary alicyclic amines) is 1. The van der Waals surface area contributed by atoms with E-state index in [1.165, 1.54) is 11.3 Å². The van der Waals surface area contributed by atoms with Gasteiger partial charge in [-0.25, -0.2) is 4.98 Å². The van der Waals surface area contributed by atoms with Crippen molar-refractivity contribution in [3.63, 3.8) is 0 Å². The summed E-state index contributed by atoms with van der Waals surface area (Å²) in [5.41, 5.74) is 2.23. The molecule has 1 aliphatic rings. The summed E-state index contributed by atoms with van der Waals surface area (Å²) in [6.07, 6.45) is 3.33. The van der Waals surface area contributed by atoms with Crippen molar-refractivity contribution in [3.8, 4) is 17.1 Å². The highest BCUT2D eigenvalue weighted by atomic mass is 16.5. The van der Waals surface area contributed by atoms with Crippen molar-refractivity contribution >= 4 is 11.8 Å². The zero-order valence-electron chi connectivity index (χ0n) is 18.4. The third-order valence-electron chi connectivity index (χ3n) is 5.53. The van der Waals surface area contributed by atoms with Gasteiger partial charge in [0.2, 0.25) is 5.91 Å². The number of β-amino-alcohol motifs (C(OH)–C–C–N with tert-alkyl or cyclic N) is 1. The third kappa shape index (κ3) is 5.40. The Morgan fingerprint density at radius 3 is 2.79 bits per heavy atom. The molecule has 0 unspecified atom stereocenters. The minimum absolute atomic E-state index is 0.114. The Labute approximate surface area is 192 Å². The number of aliphatic hydroxyl groups is 1. The predicted octanol–water partition coefficient (Wildman–Crippen LogP) is 3.02. The van der Waals surface area contributed by atoms with Crippen LogP contribution < -0.4 is 10.1 Å². The number of amides is 2. The second-order valence-corrected chi connectivity index (χ2v) is 8.02. The van der Waals surface area contributed by atoms with E-state index in [0.717, 1.165) is 17.5 Å². The summed E-state index contributed by atoms with van der Waals surface area (Å²) in [5, 5.41) is 13.1. The number of hydrogen-bond donors (Lipinski definition) is 2. The monoisotopic (exact) mass is 449 g/mol. The van der Waals surface area contributed by atoms with Gasteiger partial charge in [-0.15, -0.1) is 0 Å². The van der Waals surface area contributed by atoms with Crippen LogP contribution in [0.2, 0.25) is 0 Å². The van der Waals surface area contributed by atoms with Crippen LogP contribution in [0, 0.1) is 0 Å². The number of carbonyl (C=O) groups is 2. The number of aliphatic hydroxyl groups excluding tert-OH is 1. The minimum Gasteiger partial charge on any atom is -0.494 e. The molecule has 3 aromatic rings. The molecule has 2 aromatic carbocycles. The second-order valence-electron chi connectivity index (χ2n) is 8.02. The van der Waals surface area contributed by atoms with E-state index in [9.17, 15) is 14.7 Å². The first-order valence-electron chi connectivity index (χ1n) is 11.0. The molecule has 4 rings (SSSR count). The highest BCUT2D eigenvalue weighted by molar-refractivity contribution is 5.98. The van der Waals surface area contributed by atoms with Gasteiger partial charge in [-0.05, 0) is 30.2 Å². The van der Waals surface area contributed by atoms with Gasteiger partial charge in [0, 0.05) is 30.6 Å². The highest BCUT2D eigenvalue weighted by Crippen LogP contribution is 2.23. The van der Waals surface area contributed by atoms with Crippen molar-refractivity contribution in [1.82, 2.24) is 15.2 Å². The van der Waals surface area contributed by atoms with Gasteiger partial charge in [0.25, 0.3) is 5.91 Å². The van der Waals surface area contributed by atoms with Gasteiger partial charge in [0.1, 0.15) is 11.8 Å². The van der Waals surface area contributed by atoms with Gasteiger partial charge in [-0.3, -0.25) is 9.59 Å². The standard InChI is InChI=1S/C25H27N3O5/c1-2-10-32-21-5-3-4-19(11-21)25(31)28-15-20(29)12-22(28)24(30)27-13-17-6-8-18(9-7-17)23-14-26-16-33-23/h3-9,11,14,16,20,22,29H,2,10,12-13,15H2,1H3,(H,27,30)/t20-,22+/m1/s1. The minimum atomic E-state index is -0.745. The van der Waals surface area contributed by atoms with Gasteiger partial charge < -0.3 is 24.5 Å². The normalized spacial score (nSPS) is 17.7. The molecule has 2 atom stereocenters. The molecular formula is C25H27N3O5. The van der Waals surface area contributed by atoms with E-state index in [-0.39, 0.29) is 24.8 Å². The molecule has 0 aliphatic carbocycles. The molecule has 8 heteroatoms. The lowest BCUT2D eigenvalue weighted by Gasteiger charge is -2.24. The zero-order valence-corrected chi connectivity index (χ0v) is 18.4. The first-order valence-corrected chi connectivity index (χ1v) is 11.0. The van der Waals surface area contributed by atoms with Crippen LogP contribution in [0.1, 0.15) is 35.7 Å². The molecule has 0 radical (unpaired) electrons. The molecule has 0 saturated carbocycles. The van der Waals surface area contributed by atoms with E-state index in [4.69, 9.17) is 9.15 Å². The molecule has 2 N–H and O–H groups in total. The first kappa shape index (κ1) is 22.5. The molecule has 33 heavy (non-hydrogen) atoms. The highest BCUT2D eigenvalue weighted by Gasteiger charge is 2.39. The molecule has 2 heterocycles. The molecular weight excluding hydrogens is 422 g/mol. The van der Waals surface area contributed by atoms with Crippen LogP contribution in [0.4, 0.5) is 0 Å². The summed E-state index contributed by atoms with van der Waals surface area (Å²) in [6, 6.07) is 13.8. The third-order valence-corrected chi connectivity index (χ3v) is 5.53. The van der Waals surface area contributed by atoms with E-state index in [1.807, 2.05) is 31.2 Å². The Morgan fingerprint density at radius 2 is 2.06 bits per heavy atom. The van der Waals surface area contributed by atoms with Crippen molar-refractivity contribution in [3.05, 3.63) is 72.2 Å². The summed E-state index contributed by atoms with van der Waals surface area (Å²) < 4.78 is 10.9. The predicted molar refractivity (Wildman–Crippen MR) is 121 cm³/mol. The van der Waals surface area contributed by atoms with Crippen LogP contribution in [0.25, 0.3) is 11.3 Å². The average molecular weight is 450 g/mol. The van der Waals surface area contributed by atoms with Crippen LogP contribution >= 0.6 is 0 Å². The number of carbonyl (C=O) groups excluding carboxylic acids is 2. The first-order chi connectivity index (χ1) is 16.0. The Balaban J connectivity index is 1.39. The van der Waals surface area contributed by atoms with Crippen molar-refractivity contribution in [2.75, 3.05) is 13.2 Å². The fourth-order valence-electron chi connectivity index (χ4n) is 3.84. The van der Waals surface area contributed by atoms with Crippen LogP contribution in [-0.2, 0) is 11.3 Å². The molecule has 1 aromatic heterocycles. The Kier molecular flexibility index (Phi) is 7.04. The average Bonchev–Trinajstić information content (AvgIpc) is 3.51. The van der Waals surface area contributed by atoms with Gasteiger partial charge in [-0.1, -0.05) is 37.3 Å². The van der Waals surface area contributed by atoms with Crippen LogP contribution in [0.15, 0.2) is 65.5 Å². The SMILES string of the molecule is CCCOc1cccc(C(=O)N2C[C@H](O)C[C@H]2C(=O)NCc2ccc(-c3cnco3)cc2)c1. The molecule has 1 fully saturated rings. The summed E-state index contributed by atoms with van der Waals surface area (Å²) in [4.78, 5) is 31.4. The maximum Gasteiger partial charge on any atom is 0.254 e.